The minimum absolute atomic E-state index is 0.573. The third-order valence-corrected chi connectivity index (χ3v) is 11.4. The highest BCUT2D eigenvalue weighted by Gasteiger charge is 2.23. The van der Waals surface area contributed by atoms with Gasteiger partial charge in [0, 0.05) is 65.1 Å². The Morgan fingerprint density at radius 1 is 0.400 bits per heavy atom. The molecule has 11 rings (SSSR count). The summed E-state index contributed by atoms with van der Waals surface area (Å²) >= 11 is 1.82. The molecule has 0 spiro atoms. The Bertz CT molecular complexity index is 3150. The molecule has 0 radical (unpaired) electrons. The van der Waals surface area contributed by atoms with Gasteiger partial charge in [-0.05, 0) is 59.3 Å². The van der Waals surface area contributed by atoms with E-state index in [0.717, 1.165) is 66.5 Å². The molecule has 0 saturated carbocycles. The van der Waals surface area contributed by atoms with Crippen molar-refractivity contribution in [1.82, 2.24) is 15.0 Å². The largest absolute Gasteiger partial charge is 0.456 e. The number of para-hydroxylation sites is 1. The Labute approximate surface area is 320 Å². The Morgan fingerprint density at radius 3 is 1.73 bits per heavy atom. The monoisotopic (exact) mass is 722 g/mol. The van der Waals surface area contributed by atoms with Gasteiger partial charge in [-0.2, -0.15) is 0 Å². The van der Waals surface area contributed by atoms with E-state index in [0.29, 0.717) is 17.5 Å². The van der Waals surface area contributed by atoms with Crippen LogP contribution >= 0.6 is 11.3 Å². The summed E-state index contributed by atoms with van der Waals surface area (Å²) in [5, 5.41) is 6.76. The molecule has 0 saturated heterocycles. The quantitative estimate of drug-likeness (QED) is 0.171. The van der Waals surface area contributed by atoms with Crippen LogP contribution in [0.2, 0.25) is 0 Å². The molecule has 0 unspecified atom stereocenters. The number of benzene rings is 8. The molecule has 0 atom stereocenters. The summed E-state index contributed by atoms with van der Waals surface area (Å²) in [5.74, 6) is 1.79. The molecular formula is C49H30N4OS. The zero-order valence-corrected chi connectivity index (χ0v) is 30.2. The fourth-order valence-corrected chi connectivity index (χ4v) is 8.83. The fraction of sp³-hybridized carbons (Fsp3) is 0. The first-order chi connectivity index (χ1) is 27.2. The normalized spacial score (nSPS) is 11.6. The van der Waals surface area contributed by atoms with E-state index >= 15 is 0 Å². The van der Waals surface area contributed by atoms with Gasteiger partial charge >= 0.3 is 0 Å². The lowest BCUT2D eigenvalue weighted by Crippen LogP contribution is -2.10. The van der Waals surface area contributed by atoms with Gasteiger partial charge in [0.1, 0.15) is 11.2 Å². The lowest BCUT2D eigenvalue weighted by Gasteiger charge is -2.26. The first-order valence-electron chi connectivity index (χ1n) is 18.3. The zero-order chi connectivity index (χ0) is 36.3. The van der Waals surface area contributed by atoms with Crippen molar-refractivity contribution in [2.45, 2.75) is 0 Å². The second kappa shape index (κ2) is 12.8. The molecule has 5 nitrogen and oxygen atoms in total. The van der Waals surface area contributed by atoms with Crippen molar-refractivity contribution in [2.24, 2.45) is 0 Å². The summed E-state index contributed by atoms with van der Waals surface area (Å²) in [7, 11) is 0. The average molecular weight is 723 g/mol. The molecule has 0 aliphatic carbocycles. The van der Waals surface area contributed by atoms with E-state index in [-0.39, 0.29) is 0 Å². The minimum atomic E-state index is 0.573. The highest BCUT2D eigenvalue weighted by Crippen LogP contribution is 2.45. The van der Waals surface area contributed by atoms with Crippen LogP contribution in [0.3, 0.4) is 0 Å². The van der Waals surface area contributed by atoms with Crippen molar-refractivity contribution < 1.29 is 4.42 Å². The third-order valence-electron chi connectivity index (χ3n) is 10.3. The number of hydrogen-bond acceptors (Lipinski definition) is 6. The maximum atomic E-state index is 6.83. The zero-order valence-electron chi connectivity index (χ0n) is 29.4. The van der Waals surface area contributed by atoms with Crippen molar-refractivity contribution in [1.29, 1.82) is 0 Å². The molecule has 8 aromatic carbocycles. The Balaban J connectivity index is 1.22. The van der Waals surface area contributed by atoms with Gasteiger partial charge in [-0.3, -0.25) is 0 Å². The van der Waals surface area contributed by atoms with E-state index in [4.69, 9.17) is 19.4 Å². The first kappa shape index (κ1) is 31.4. The maximum Gasteiger partial charge on any atom is 0.164 e. The number of nitrogens with zero attached hydrogens (tertiary/aromatic N) is 4. The molecule has 3 aromatic heterocycles. The summed E-state index contributed by atoms with van der Waals surface area (Å²) in [6, 6.07) is 63.3. The molecule has 3 heterocycles. The van der Waals surface area contributed by atoms with E-state index in [9.17, 15) is 0 Å². The lowest BCUT2D eigenvalue weighted by molar-refractivity contribution is 0.669. The van der Waals surface area contributed by atoms with Crippen molar-refractivity contribution in [3.05, 3.63) is 182 Å². The van der Waals surface area contributed by atoms with Crippen molar-refractivity contribution >= 4 is 81.3 Å². The van der Waals surface area contributed by atoms with Gasteiger partial charge in [0.25, 0.3) is 0 Å². The molecule has 258 valence electrons. The third kappa shape index (κ3) is 5.42. The Morgan fingerprint density at radius 2 is 1.00 bits per heavy atom. The summed E-state index contributed by atoms with van der Waals surface area (Å²) in [5.41, 5.74) is 7.27. The lowest BCUT2D eigenvalue weighted by atomic mass is 10.0. The van der Waals surface area contributed by atoms with Gasteiger partial charge < -0.3 is 9.32 Å². The number of thiophene rings is 1. The van der Waals surface area contributed by atoms with Crippen LogP contribution in [-0.4, -0.2) is 15.0 Å². The molecule has 0 amide bonds. The molecule has 6 heteroatoms. The average Bonchev–Trinajstić information content (AvgIpc) is 3.81. The molecule has 55 heavy (non-hydrogen) atoms. The second-order valence-corrected chi connectivity index (χ2v) is 14.7. The predicted molar refractivity (Wildman–Crippen MR) is 228 cm³/mol. The van der Waals surface area contributed by atoms with E-state index in [1.54, 1.807) is 0 Å². The SMILES string of the molecule is c1ccc(-c2nc(-c3ccccc3)nc(-c3cc(N(c4ccccc4)c4ccc5c(c4)sc4ccccc45)cc4oc5cc6ccccc6cc5c34)n2)cc1. The van der Waals surface area contributed by atoms with E-state index in [1.807, 2.05) is 72.0 Å². The van der Waals surface area contributed by atoms with E-state index < -0.39 is 0 Å². The van der Waals surface area contributed by atoms with E-state index in [1.165, 1.54) is 20.2 Å². The molecular weight excluding hydrogens is 693 g/mol. The molecule has 0 fully saturated rings. The molecule has 0 N–H and O–H groups in total. The fourth-order valence-electron chi connectivity index (χ4n) is 7.69. The van der Waals surface area contributed by atoms with Gasteiger partial charge in [-0.1, -0.05) is 127 Å². The minimum Gasteiger partial charge on any atom is -0.456 e. The first-order valence-corrected chi connectivity index (χ1v) is 19.1. The van der Waals surface area contributed by atoms with Crippen LogP contribution in [0.25, 0.3) is 87.0 Å². The number of furan rings is 1. The van der Waals surface area contributed by atoms with Crippen LogP contribution in [0.15, 0.2) is 186 Å². The van der Waals surface area contributed by atoms with Crippen molar-refractivity contribution in [2.75, 3.05) is 4.90 Å². The van der Waals surface area contributed by atoms with Crippen molar-refractivity contribution in [3.63, 3.8) is 0 Å². The second-order valence-electron chi connectivity index (χ2n) is 13.7. The topological polar surface area (TPSA) is 55.1 Å². The highest BCUT2D eigenvalue weighted by molar-refractivity contribution is 7.25. The summed E-state index contributed by atoms with van der Waals surface area (Å²) < 4.78 is 9.34. The predicted octanol–water partition coefficient (Wildman–Crippen LogP) is 13.8. The number of fused-ring (bicyclic) bond motifs is 7. The highest BCUT2D eigenvalue weighted by atomic mass is 32.1. The molecule has 0 aliphatic rings. The van der Waals surface area contributed by atoms with Crippen LogP contribution in [0, 0.1) is 0 Å². The van der Waals surface area contributed by atoms with Gasteiger partial charge in [0.15, 0.2) is 17.5 Å². The standard InChI is InChI=1S/C49H30N4OS/c1-4-14-31(15-5-1)47-50-48(32-16-6-2-7-17-32)52-49(51-47)41-28-37(29-43-46(41)40-26-33-18-10-11-19-34(33)27-42(40)54-43)53(35-20-8-3-9-21-35)36-24-25-39-38-22-12-13-23-44(38)55-45(39)30-36/h1-30H. The number of rotatable bonds is 6. The van der Waals surface area contributed by atoms with Crippen LogP contribution in [0.5, 0.6) is 0 Å². The molecule has 11 aromatic rings. The summed E-state index contributed by atoms with van der Waals surface area (Å²) in [4.78, 5) is 17.8. The van der Waals surface area contributed by atoms with Gasteiger partial charge in [-0.25, -0.2) is 15.0 Å². The van der Waals surface area contributed by atoms with Gasteiger partial charge in [0.2, 0.25) is 0 Å². The maximum absolute atomic E-state index is 6.83. The van der Waals surface area contributed by atoms with Gasteiger partial charge in [0.05, 0.1) is 5.69 Å². The number of anilines is 3. The number of hydrogen-bond donors (Lipinski definition) is 0. The van der Waals surface area contributed by atoms with Gasteiger partial charge in [-0.15, -0.1) is 11.3 Å². The Kier molecular flexibility index (Phi) is 7.28. The molecule has 0 aliphatic heterocycles. The summed E-state index contributed by atoms with van der Waals surface area (Å²) in [6.45, 7) is 0. The van der Waals surface area contributed by atoms with Crippen LogP contribution < -0.4 is 4.90 Å². The van der Waals surface area contributed by atoms with Crippen LogP contribution in [0.4, 0.5) is 17.1 Å². The van der Waals surface area contributed by atoms with Crippen molar-refractivity contribution in [3.8, 4) is 34.2 Å². The summed E-state index contributed by atoms with van der Waals surface area (Å²) in [6.07, 6.45) is 0. The van der Waals surface area contributed by atoms with Crippen LogP contribution in [0.1, 0.15) is 0 Å². The molecule has 0 bridgehead atoms. The number of aromatic nitrogens is 3. The Hall–Kier alpha value is -7.15. The van der Waals surface area contributed by atoms with E-state index in [2.05, 4.69) is 126 Å². The smallest absolute Gasteiger partial charge is 0.164 e. The van der Waals surface area contributed by atoms with Crippen LogP contribution in [-0.2, 0) is 0 Å².